The summed E-state index contributed by atoms with van der Waals surface area (Å²) in [5, 5.41) is 0. The molecule has 0 radical (unpaired) electrons. The molecule has 19 heavy (non-hydrogen) atoms. The number of hydrogen-bond acceptors (Lipinski definition) is 2. The maximum Gasteiger partial charge on any atom is 0.150 e. The molecule has 0 aliphatic rings. The van der Waals surface area contributed by atoms with E-state index in [-0.39, 0.29) is 6.04 Å². The molecule has 0 heterocycles. The van der Waals surface area contributed by atoms with Crippen LogP contribution in [0.25, 0.3) is 0 Å². The third-order valence-electron chi connectivity index (χ3n) is 3.49. The van der Waals surface area contributed by atoms with Gasteiger partial charge in [-0.3, -0.25) is 9.69 Å². The Morgan fingerprint density at radius 1 is 1.21 bits per heavy atom. The summed E-state index contributed by atoms with van der Waals surface area (Å²) in [4.78, 5) is 14.5. The van der Waals surface area contributed by atoms with Crippen LogP contribution in [0.4, 0.5) is 0 Å². The van der Waals surface area contributed by atoms with Crippen molar-refractivity contribution in [1.29, 1.82) is 0 Å². The minimum Gasteiger partial charge on any atom is -0.298 e. The average Bonchev–Trinajstić information content (AvgIpc) is 2.37. The second-order valence-electron chi connectivity index (χ2n) is 5.66. The lowest BCUT2D eigenvalue weighted by atomic mass is 9.95. The predicted molar refractivity (Wildman–Crippen MR) is 81.1 cm³/mol. The van der Waals surface area contributed by atoms with Gasteiger partial charge in [0.15, 0.2) is 0 Å². The van der Waals surface area contributed by atoms with E-state index in [1.54, 1.807) is 0 Å². The largest absolute Gasteiger partial charge is 0.298 e. The fourth-order valence-corrected chi connectivity index (χ4v) is 2.60. The third kappa shape index (κ3) is 5.15. The Kier molecular flexibility index (Phi) is 6.79. The van der Waals surface area contributed by atoms with Crippen molar-refractivity contribution in [3.8, 4) is 0 Å². The number of likely N-dealkylation sites (N-methyl/N-ethyl adjacent to an activating group) is 1. The highest BCUT2D eigenvalue weighted by Gasteiger charge is 2.25. The summed E-state index contributed by atoms with van der Waals surface area (Å²) >= 11 is 0. The van der Waals surface area contributed by atoms with Crippen molar-refractivity contribution in [2.24, 2.45) is 5.92 Å². The minimum atomic E-state index is 0.0340. The zero-order chi connectivity index (χ0) is 14.3. The number of ketones is 1. The van der Waals surface area contributed by atoms with Gasteiger partial charge in [-0.2, -0.15) is 0 Å². The van der Waals surface area contributed by atoms with Crippen LogP contribution in [0.2, 0.25) is 0 Å². The quantitative estimate of drug-likeness (QED) is 0.707. The van der Waals surface area contributed by atoms with E-state index in [0.29, 0.717) is 18.1 Å². The van der Waals surface area contributed by atoms with E-state index in [2.05, 4.69) is 44.9 Å². The summed E-state index contributed by atoms with van der Waals surface area (Å²) < 4.78 is 0. The van der Waals surface area contributed by atoms with Gasteiger partial charge in [-0.15, -0.1) is 0 Å². The molecule has 1 aromatic rings. The fourth-order valence-electron chi connectivity index (χ4n) is 2.60. The van der Waals surface area contributed by atoms with E-state index in [0.717, 1.165) is 19.4 Å². The number of carbonyl (C=O) groups is 1. The highest BCUT2D eigenvalue weighted by atomic mass is 16.1. The highest BCUT2D eigenvalue weighted by Crippen LogP contribution is 2.16. The zero-order valence-corrected chi connectivity index (χ0v) is 12.7. The van der Waals surface area contributed by atoms with Gasteiger partial charge in [0.25, 0.3) is 0 Å². The molecule has 0 saturated carbocycles. The molecule has 1 aromatic carbocycles. The van der Waals surface area contributed by atoms with Crippen molar-refractivity contribution in [3.05, 3.63) is 35.9 Å². The number of nitrogens with zero attached hydrogens (tertiary/aromatic N) is 1. The molecule has 2 heteroatoms. The van der Waals surface area contributed by atoms with E-state index >= 15 is 0 Å². The number of unbranched alkanes of at least 4 members (excludes halogenated alkanes) is 1. The molecule has 0 spiro atoms. The number of carbonyl (C=O) groups excluding carboxylic acids is 1. The third-order valence-corrected chi connectivity index (χ3v) is 3.49. The van der Waals surface area contributed by atoms with E-state index in [4.69, 9.17) is 0 Å². The van der Waals surface area contributed by atoms with E-state index in [1.807, 2.05) is 18.2 Å². The molecule has 0 aliphatic carbocycles. The van der Waals surface area contributed by atoms with Gasteiger partial charge < -0.3 is 0 Å². The van der Waals surface area contributed by atoms with Crippen LogP contribution in [-0.2, 0) is 11.3 Å². The Morgan fingerprint density at radius 2 is 1.84 bits per heavy atom. The number of rotatable bonds is 8. The van der Waals surface area contributed by atoms with Crippen molar-refractivity contribution in [2.75, 3.05) is 7.05 Å². The first-order chi connectivity index (χ1) is 9.06. The molecular weight excluding hydrogens is 234 g/mol. The first-order valence-electron chi connectivity index (χ1n) is 7.33. The molecule has 106 valence electrons. The van der Waals surface area contributed by atoms with Crippen molar-refractivity contribution >= 4 is 5.78 Å². The van der Waals surface area contributed by atoms with Gasteiger partial charge in [-0.05, 0) is 24.9 Å². The highest BCUT2D eigenvalue weighted by molar-refractivity contribution is 5.84. The Morgan fingerprint density at radius 3 is 2.37 bits per heavy atom. The summed E-state index contributed by atoms with van der Waals surface area (Å²) in [5.41, 5.74) is 1.26. The Bertz CT molecular complexity index is 372. The number of benzene rings is 1. The summed E-state index contributed by atoms with van der Waals surface area (Å²) in [6.07, 6.45) is 2.79. The van der Waals surface area contributed by atoms with Gasteiger partial charge in [0, 0.05) is 13.0 Å². The summed E-state index contributed by atoms with van der Waals surface area (Å²) in [6, 6.07) is 10.4. The Labute approximate surface area is 117 Å². The summed E-state index contributed by atoms with van der Waals surface area (Å²) in [7, 11) is 2.06. The molecule has 0 bridgehead atoms. The number of hydrogen-bond donors (Lipinski definition) is 0. The van der Waals surface area contributed by atoms with Crippen LogP contribution in [-0.4, -0.2) is 23.8 Å². The van der Waals surface area contributed by atoms with Gasteiger partial charge in [0.2, 0.25) is 0 Å². The minimum absolute atomic E-state index is 0.0340. The molecule has 1 atom stereocenters. The van der Waals surface area contributed by atoms with Gasteiger partial charge in [0.1, 0.15) is 5.78 Å². The van der Waals surface area contributed by atoms with Crippen molar-refractivity contribution in [2.45, 2.75) is 52.6 Å². The SMILES string of the molecule is CCCCC(=O)C(C(C)C)N(C)Cc1ccccc1. The first kappa shape index (κ1) is 15.9. The van der Waals surface area contributed by atoms with Crippen LogP contribution in [0.3, 0.4) is 0 Å². The van der Waals surface area contributed by atoms with E-state index in [9.17, 15) is 4.79 Å². The van der Waals surface area contributed by atoms with E-state index < -0.39 is 0 Å². The maximum atomic E-state index is 12.3. The van der Waals surface area contributed by atoms with Crippen LogP contribution < -0.4 is 0 Å². The van der Waals surface area contributed by atoms with Crippen LogP contribution in [0.5, 0.6) is 0 Å². The van der Waals surface area contributed by atoms with Gasteiger partial charge in [-0.25, -0.2) is 0 Å². The van der Waals surface area contributed by atoms with Crippen molar-refractivity contribution in [3.63, 3.8) is 0 Å². The topological polar surface area (TPSA) is 20.3 Å². The first-order valence-corrected chi connectivity index (χ1v) is 7.33. The van der Waals surface area contributed by atoms with Gasteiger partial charge in [0.05, 0.1) is 6.04 Å². The van der Waals surface area contributed by atoms with Crippen LogP contribution in [0, 0.1) is 5.92 Å². The maximum absolute atomic E-state index is 12.3. The van der Waals surface area contributed by atoms with Crippen LogP contribution in [0.1, 0.15) is 45.6 Å². The molecule has 0 N–H and O–H groups in total. The molecule has 0 aliphatic heterocycles. The van der Waals surface area contributed by atoms with Crippen molar-refractivity contribution < 1.29 is 4.79 Å². The van der Waals surface area contributed by atoms with Crippen LogP contribution >= 0.6 is 0 Å². The molecule has 2 nitrogen and oxygen atoms in total. The predicted octanol–water partition coefficient (Wildman–Crippen LogP) is 3.90. The normalized spacial score (nSPS) is 12.9. The standard InChI is InChI=1S/C17H27NO/c1-5-6-12-16(19)17(14(2)3)18(4)13-15-10-8-7-9-11-15/h7-11,14,17H,5-6,12-13H2,1-4H3. The van der Waals surface area contributed by atoms with Gasteiger partial charge in [-0.1, -0.05) is 57.5 Å². The molecule has 0 fully saturated rings. The van der Waals surface area contributed by atoms with Crippen LogP contribution in [0.15, 0.2) is 30.3 Å². The second-order valence-corrected chi connectivity index (χ2v) is 5.66. The average molecular weight is 261 g/mol. The molecule has 1 rings (SSSR count). The molecular formula is C17H27NO. The molecule has 0 amide bonds. The monoisotopic (exact) mass is 261 g/mol. The smallest absolute Gasteiger partial charge is 0.150 e. The molecule has 0 aromatic heterocycles. The molecule has 0 saturated heterocycles. The second kappa shape index (κ2) is 8.11. The zero-order valence-electron chi connectivity index (χ0n) is 12.7. The Hall–Kier alpha value is -1.15. The summed E-state index contributed by atoms with van der Waals surface area (Å²) in [5.74, 6) is 0.744. The number of Topliss-reactive ketones (excluding diaryl/α,β-unsaturated/α-hetero) is 1. The lowest BCUT2D eigenvalue weighted by Gasteiger charge is -2.30. The molecule has 1 unspecified atom stereocenters. The Balaban J connectivity index is 2.67. The lowest BCUT2D eigenvalue weighted by molar-refractivity contribution is -0.125. The lowest BCUT2D eigenvalue weighted by Crippen LogP contribution is -2.41. The summed E-state index contributed by atoms with van der Waals surface area (Å²) in [6.45, 7) is 7.24. The van der Waals surface area contributed by atoms with E-state index in [1.165, 1.54) is 5.56 Å². The fraction of sp³-hybridized carbons (Fsp3) is 0.588. The van der Waals surface area contributed by atoms with Crippen molar-refractivity contribution in [1.82, 2.24) is 4.90 Å². The van der Waals surface area contributed by atoms with Gasteiger partial charge >= 0.3 is 0 Å².